The summed E-state index contributed by atoms with van der Waals surface area (Å²) in [6.45, 7) is 0.978. The van der Waals surface area contributed by atoms with Crippen LogP contribution < -0.4 is 10.2 Å². The van der Waals surface area contributed by atoms with Gasteiger partial charge in [0, 0.05) is 5.92 Å². The molecule has 1 saturated heterocycles. The summed E-state index contributed by atoms with van der Waals surface area (Å²) in [7, 11) is 0. The minimum absolute atomic E-state index is 0.0537. The Labute approximate surface area is 125 Å². The first-order valence-electron chi connectivity index (χ1n) is 8.01. The molecular weight excluding hydrogens is 264 g/mol. The van der Waals surface area contributed by atoms with Gasteiger partial charge in [-0.05, 0) is 25.0 Å². The Balaban J connectivity index is 1.61. The number of carbonyl (C=O) groups is 2. The van der Waals surface area contributed by atoms with Gasteiger partial charge in [0.2, 0.25) is 5.91 Å². The molecule has 2 fully saturated rings. The summed E-state index contributed by atoms with van der Waals surface area (Å²) >= 11 is 0. The van der Waals surface area contributed by atoms with Gasteiger partial charge >= 0.3 is 0 Å². The molecule has 0 unspecified atom stereocenters. The Hall–Kier alpha value is -1.68. The predicted octanol–water partition coefficient (Wildman–Crippen LogP) is 1.46. The number of hydrogen-bond acceptors (Lipinski definition) is 2. The second-order valence-corrected chi connectivity index (χ2v) is 6.19. The van der Waals surface area contributed by atoms with Crippen LogP contribution in [0.3, 0.4) is 0 Å². The number of para-hydroxylation sites is 1. The minimum Gasteiger partial charge on any atom is -0.335 e. The predicted molar refractivity (Wildman–Crippen MR) is 80.7 cm³/mol. The van der Waals surface area contributed by atoms with Crippen molar-refractivity contribution >= 4 is 17.5 Å². The Morgan fingerprint density at radius 1 is 1.05 bits per heavy atom. The van der Waals surface area contributed by atoms with E-state index in [9.17, 15) is 9.59 Å². The van der Waals surface area contributed by atoms with Crippen LogP contribution in [0.5, 0.6) is 0 Å². The molecule has 0 radical (unpaired) electrons. The van der Waals surface area contributed by atoms with E-state index in [1.165, 1.54) is 37.0 Å². The van der Waals surface area contributed by atoms with E-state index in [4.69, 9.17) is 0 Å². The van der Waals surface area contributed by atoms with Crippen LogP contribution in [0.25, 0.3) is 0 Å². The quantitative estimate of drug-likeness (QED) is 0.853. The first-order chi connectivity index (χ1) is 10.3. The average Bonchev–Trinajstić information content (AvgIpc) is 2.81. The molecule has 4 nitrogen and oxygen atoms in total. The van der Waals surface area contributed by atoms with Crippen molar-refractivity contribution in [2.24, 2.45) is 5.92 Å². The highest BCUT2D eigenvalue weighted by molar-refractivity contribution is 6.21. The van der Waals surface area contributed by atoms with Gasteiger partial charge in [-0.2, -0.15) is 0 Å². The zero-order valence-corrected chi connectivity index (χ0v) is 12.3. The largest absolute Gasteiger partial charge is 0.335 e. The van der Waals surface area contributed by atoms with Crippen molar-refractivity contribution in [1.29, 1.82) is 0 Å². The van der Waals surface area contributed by atoms with E-state index in [0.717, 1.165) is 6.54 Å². The van der Waals surface area contributed by atoms with Gasteiger partial charge in [-0.1, -0.05) is 37.5 Å². The normalized spacial score (nSPS) is 23.8. The summed E-state index contributed by atoms with van der Waals surface area (Å²) < 4.78 is 0. The summed E-state index contributed by atoms with van der Waals surface area (Å²) in [5.74, 6) is 0.588. The van der Waals surface area contributed by atoms with Crippen LogP contribution in [0.15, 0.2) is 30.3 Å². The fourth-order valence-electron chi connectivity index (χ4n) is 3.47. The first-order valence-corrected chi connectivity index (χ1v) is 8.01. The molecule has 21 heavy (non-hydrogen) atoms. The number of anilines is 1. The first kappa shape index (κ1) is 14.3. The van der Waals surface area contributed by atoms with Gasteiger partial charge in [0.25, 0.3) is 5.91 Å². The van der Waals surface area contributed by atoms with Crippen LogP contribution >= 0.6 is 0 Å². The van der Waals surface area contributed by atoms with E-state index < -0.39 is 0 Å². The Bertz CT molecular complexity index is 509. The lowest BCUT2D eigenvalue weighted by Crippen LogP contribution is -2.92. The number of imide groups is 1. The lowest BCUT2D eigenvalue weighted by molar-refractivity contribution is -0.680. The van der Waals surface area contributed by atoms with Gasteiger partial charge in [-0.3, -0.25) is 9.59 Å². The lowest BCUT2D eigenvalue weighted by Gasteiger charge is -2.21. The molecule has 4 heteroatoms. The fraction of sp³-hybridized carbons (Fsp3) is 0.529. The number of hydrogen-bond donors (Lipinski definition) is 1. The van der Waals surface area contributed by atoms with Crippen molar-refractivity contribution in [1.82, 2.24) is 0 Å². The molecule has 0 aromatic heterocycles. The smallest absolute Gasteiger partial charge is 0.292 e. The monoisotopic (exact) mass is 287 g/mol. The number of carbonyl (C=O) groups excluding carboxylic acids is 2. The van der Waals surface area contributed by atoms with Crippen LogP contribution in [-0.4, -0.2) is 24.4 Å². The molecule has 1 atom stereocenters. The third kappa shape index (κ3) is 3.16. The molecule has 1 aliphatic carbocycles. The number of quaternary nitrogens is 1. The molecule has 112 valence electrons. The number of nitrogens with zero attached hydrogens (tertiary/aromatic N) is 1. The SMILES string of the molecule is O=C1C[C@@H]([NH2+]CC2CCCCC2)C(=O)N1c1ccccc1. The summed E-state index contributed by atoms with van der Waals surface area (Å²) in [4.78, 5) is 25.9. The zero-order chi connectivity index (χ0) is 14.7. The number of rotatable bonds is 4. The molecule has 2 aliphatic rings. The van der Waals surface area contributed by atoms with E-state index >= 15 is 0 Å². The summed E-state index contributed by atoms with van der Waals surface area (Å²) in [6, 6.07) is 9.02. The highest BCUT2D eigenvalue weighted by atomic mass is 16.2. The molecule has 1 aromatic carbocycles. The molecular formula is C17H23N2O2+. The van der Waals surface area contributed by atoms with E-state index in [0.29, 0.717) is 18.0 Å². The van der Waals surface area contributed by atoms with E-state index in [-0.39, 0.29) is 17.9 Å². The lowest BCUT2D eigenvalue weighted by atomic mass is 9.89. The molecule has 1 aromatic rings. The van der Waals surface area contributed by atoms with Gasteiger partial charge in [-0.25, -0.2) is 4.90 Å². The maximum atomic E-state index is 12.5. The third-order valence-corrected chi connectivity index (χ3v) is 4.67. The molecule has 2 N–H and O–H groups in total. The highest BCUT2D eigenvalue weighted by Gasteiger charge is 2.42. The van der Waals surface area contributed by atoms with Crippen molar-refractivity contribution in [3.63, 3.8) is 0 Å². The van der Waals surface area contributed by atoms with Crippen molar-refractivity contribution in [2.75, 3.05) is 11.4 Å². The second-order valence-electron chi connectivity index (χ2n) is 6.19. The molecule has 0 spiro atoms. The van der Waals surface area contributed by atoms with Crippen molar-refractivity contribution < 1.29 is 14.9 Å². The van der Waals surface area contributed by atoms with Crippen LogP contribution in [0.1, 0.15) is 38.5 Å². The van der Waals surface area contributed by atoms with Crippen LogP contribution in [0.2, 0.25) is 0 Å². The Morgan fingerprint density at radius 3 is 2.48 bits per heavy atom. The second kappa shape index (κ2) is 6.39. The van der Waals surface area contributed by atoms with E-state index in [1.807, 2.05) is 30.3 Å². The summed E-state index contributed by atoms with van der Waals surface area (Å²) in [6.07, 6.45) is 6.85. The van der Waals surface area contributed by atoms with Crippen molar-refractivity contribution in [2.45, 2.75) is 44.6 Å². The topological polar surface area (TPSA) is 54.0 Å². The Kier molecular flexibility index (Phi) is 4.34. The molecule has 3 rings (SSSR count). The van der Waals surface area contributed by atoms with Gasteiger partial charge in [0.15, 0.2) is 6.04 Å². The highest BCUT2D eigenvalue weighted by Crippen LogP contribution is 2.23. The molecule has 1 saturated carbocycles. The van der Waals surface area contributed by atoms with Crippen LogP contribution in [-0.2, 0) is 9.59 Å². The molecule has 0 bridgehead atoms. The zero-order valence-electron chi connectivity index (χ0n) is 12.3. The Morgan fingerprint density at radius 2 is 1.76 bits per heavy atom. The fourth-order valence-corrected chi connectivity index (χ4v) is 3.47. The molecule has 1 aliphatic heterocycles. The van der Waals surface area contributed by atoms with Gasteiger partial charge in [0.05, 0.1) is 18.7 Å². The van der Waals surface area contributed by atoms with E-state index in [2.05, 4.69) is 5.32 Å². The minimum atomic E-state index is -0.223. The molecule has 2 amide bonds. The number of nitrogens with two attached hydrogens (primary N) is 1. The van der Waals surface area contributed by atoms with Gasteiger partial charge in [0.1, 0.15) is 0 Å². The standard InChI is InChI=1S/C17H22N2O2/c20-16-11-15(18-12-13-7-3-1-4-8-13)17(21)19(16)14-9-5-2-6-10-14/h2,5-6,9-10,13,15,18H,1,3-4,7-8,11-12H2/p+1/t15-/m1/s1. The number of benzene rings is 1. The number of amides is 2. The van der Waals surface area contributed by atoms with Gasteiger partial charge < -0.3 is 5.32 Å². The van der Waals surface area contributed by atoms with Crippen LogP contribution in [0, 0.1) is 5.92 Å². The maximum absolute atomic E-state index is 12.5. The van der Waals surface area contributed by atoms with Crippen molar-refractivity contribution in [3.05, 3.63) is 30.3 Å². The van der Waals surface area contributed by atoms with Crippen molar-refractivity contribution in [3.8, 4) is 0 Å². The van der Waals surface area contributed by atoms with E-state index in [1.54, 1.807) is 0 Å². The molecule has 1 heterocycles. The summed E-state index contributed by atoms with van der Waals surface area (Å²) in [5, 5.41) is 2.10. The maximum Gasteiger partial charge on any atom is 0.292 e. The van der Waals surface area contributed by atoms with Gasteiger partial charge in [-0.15, -0.1) is 0 Å². The summed E-state index contributed by atoms with van der Waals surface area (Å²) in [5.41, 5.74) is 0.695. The third-order valence-electron chi connectivity index (χ3n) is 4.67. The van der Waals surface area contributed by atoms with Crippen LogP contribution in [0.4, 0.5) is 5.69 Å². The average molecular weight is 287 g/mol.